The fourth-order valence-corrected chi connectivity index (χ4v) is 4.30. The first-order valence-corrected chi connectivity index (χ1v) is 10.9. The summed E-state index contributed by atoms with van der Waals surface area (Å²) in [7, 11) is 0. The molecule has 0 amide bonds. The fourth-order valence-electron chi connectivity index (χ4n) is 4.30. The minimum absolute atomic E-state index is 0.0567. The molecule has 0 fully saturated rings. The third kappa shape index (κ3) is 2.83. The van der Waals surface area contributed by atoms with Gasteiger partial charge < -0.3 is 4.42 Å². The molecule has 0 saturated heterocycles. The van der Waals surface area contributed by atoms with Gasteiger partial charge in [0.05, 0.1) is 5.56 Å². The van der Waals surface area contributed by atoms with Crippen molar-refractivity contribution in [1.82, 2.24) is 14.5 Å². The average Bonchev–Trinajstić information content (AvgIpc) is 3.37. The van der Waals surface area contributed by atoms with Crippen molar-refractivity contribution in [3.63, 3.8) is 0 Å². The molecule has 0 aliphatic rings. The Morgan fingerprint density at radius 2 is 1.47 bits per heavy atom. The van der Waals surface area contributed by atoms with Crippen molar-refractivity contribution in [1.29, 1.82) is 0 Å². The van der Waals surface area contributed by atoms with Crippen LogP contribution in [-0.2, 0) is 5.41 Å². The summed E-state index contributed by atoms with van der Waals surface area (Å²) in [6.07, 6.45) is 0. The molecule has 0 unspecified atom stereocenters. The molecule has 32 heavy (non-hydrogen) atoms. The van der Waals surface area contributed by atoms with Crippen LogP contribution in [0.4, 0.5) is 0 Å². The summed E-state index contributed by atoms with van der Waals surface area (Å²) in [5, 5.41) is 2.20. The number of furan rings is 1. The van der Waals surface area contributed by atoms with E-state index in [1.54, 1.807) is 0 Å². The van der Waals surface area contributed by atoms with E-state index in [2.05, 4.69) is 73.9 Å². The molecule has 6 aromatic rings. The summed E-state index contributed by atoms with van der Waals surface area (Å²) in [4.78, 5) is 10.1. The highest BCUT2D eigenvalue weighted by molar-refractivity contribution is 6.09. The standard InChI is InChI=1S/C28H23N3O/c1-28(2,3)24-17-16-22-27(30-24)31(18-10-5-4-6-11-18)26(29-22)21-14-9-13-20-19-12-7-8-15-23(19)32-25(20)21/h4-17H,1-3H3. The molecule has 3 aromatic carbocycles. The van der Waals surface area contributed by atoms with Crippen LogP contribution in [-0.4, -0.2) is 14.5 Å². The molecular formula is C28H23N3O. The Morgan fingerprint density at radius 1 is 0.719 bits per heavy atom. The molecule has 6 rings (SSSR count). The molecule has 0 N–H and O–H groups in total. The Labute approximate surface area is 186 Å². The molecule has 0 radical (unpaired) electrons. The van der Waals surface area contributed by atoms with Crippen LogP contribution in [0.15, 0.2) is 89.3 Å². The predicted octanol–water partition coefficient (Wildman–Crippen LogP) is 7.28. The van der Waals surface area contributed by atoms with Crippen molar-refractivity contribution in [3.8, 4) is 17.1 Å². The summed E-state index contributed by atoms with van der Waals surface area (Å²) in [6, 6.07) is 28.9. The lowest BCUT2D eigenvalue weighted by atomic mass is 9.92. The molecule has 0 spiro atoms. The summed E-state index contributed by atoms with van der Waals surface area (Å²) in [5.41, 5.74) is 6.41. The second kappa shape index (κ2) is 6.79. The van der Waals surface area contributed by atoms with Gasteiger partial charge in [-0.1, -0.05) is 69.3 Å². The zero-order valence-electron chi connectivity index (χ0n) is 18.3. The van der Waals surface area contributed by atoms with E-state index in [1.807, 2.05) is 36.4 Å². The number of rotatable bonds is 2. The van der Waals surface area contributed by atoms with Crippen LogP contribution < -0.4 is 0 Å². The summed E-state index contributed by atoms with van der Waals surface area (Å²) in [6.45, 7) is 6.54. The first-order valence-electron chi connectivity index (χ1n) is 10.9. The van der Waals surface area contributed by atoms with E-state index in [4.69, 9.17) is 14.4 Å². The summed E-state index contributed by atoms with van der Waals surface area (Å²) < 4.78 is 8.47. The topological polar surface area (TPSA) is 43.9 Å². The zero-order valence-corrected chi connectivity index (χ0v) is 18.3. The van der Waals surface area contributed by atoms with Gasteiger partial charge in [-0.05, 0) is 36.4 Å². The monoisotopic (exact) mass is 417 g/mol. The fraction of sp³-hybridized carbons (Fsp3) is 0.143. The zero-order chi connectivity index (χ0) is 21.9. The first-order chi connectivity index (χ1) is 15.5. The second-order valence-electron chi connectivity index (χ2n) is 9.18. The largest absolute Gasteiger partial charge is 0.455 e. The smallest absolute Gasteiger partial charge is 0.165 e. The normalized spacial score (nSPS) is 12.2. The maximum absolute atomic E-state index is 6.33. The molecule has 4 heteroatoms. The van der Waals surface area contributed by atoms with Crippen molar-refractivity contribution < 1.29 is 4.42 Å². The van der Waals surface area contributed by atoms with Gasteiger partial charge in [0.15, 0.2) is 11.5 Å². The molecule has 3 heterocycles. The SMILES string of the molecule is CC(C)(C)c1ccc2nc(-c3cccc4c3oc3ccccc34)n(-c3ccccc3)c2n1. The molecule has 3 aromatic heterocycles. The maximum atomic E-state index is 6.33. The summed E-state index contributed by atoms with van der Waals surface area (Å²) >= 11 is 0. The average molecular weight is 418 g/mol. The number of hydrogen-bond donors (Lipinski definition) is 0. The van der Waals surface area contributed by atoms with E-state index in [-0.39, 0.29) is 5.41 Å². The molecule has 0 aliphatic heterocycles. The Kier molecular flexibility index (Phi) is 3.99. The van der Waals surface area contributed by atoms with E-state index >= 15 is 0 Å². The van der Waals surface area contributed by atoms with Crippen LogP contribution in [0.2, 0.25) is 0 Å². The predicted molar refractivity (Wildman–Crippen MR) is 130 cm³/mol. The van der Waals surface area contributed by atoms with E-state index in [0.717, 1.165) is 55.9 Å². The minimum Gasteiger partial charge on any atom is -0.455 e. The van der Waals surface area contributed by atoms with Crippen molar-refractivity contribution in [2.45, 2.75) is 26.2 Å². The van der Waals surface area contributed by atoms with Crippen molar-refractivity contribution in [2.24, 2.45) is 0 Å². The Bertz CT molecular complexity index is 1600. The number of para-hydroxylation sites is 3. The van der Waals surface area contributed by atoms with Crippen molar-refractivity contribution >= 4 is 33.1 Å². The Hall–Kier alpha value is -3.92. The molecule has 0 bridgehead atoms. The lowest BCUT2D eigenvalue weighted by molar-refractivity contribution is 0.571. The van der Waals surface area contributed by atoms with Gasteiger partial charge in [-0.2, -0.15) is 0 Å². The van der Waals surface area contributed by atoms with Gasteiger partial charge in [0.2, 0.25) is 0 Å². The second-order valence-corrected chi connectivity index (χ2v) is 9.18. The number of imidazole rings is 1. The van der Waals surface area contributed by atoms with Crippen LogP contribution in [0, 0.1) is 0 Å². The quantitative estimate of drug-likeness (QED) is 0.297. The Morgan fingerprint density at radius 3 is 2.28 bits per heavy atom. The molecule has 156 valence electrons. The maximum Gasteiger partial charge on any atom is 0.165 e. The van der Waals surface area contributed by atoms with Crippen LogP contribution in [0.25, 0.3) is 50.2 Å². The highest BCUT2D eigenvalue weighted by Gasteiger charge is 2.22. The molecular weight excluding hydrogens is 394 g/mol. The number of fused-ring (bicyclic) bond motifs is 4. The third-order valence-corrected chi connectivity index (χ3v) is 5.93. The molecule has 4 nitrogen and oxygen atoms in total. The van der Waals surface area contributed by atoms with Crippen molar-refractivity contribution in [3.05, 3.63) is 90.6 Å². The van der Waals surface area contributed by atoms with Crippen LogP contribution in [0.1, 0.15) is 26.5 Å². The van der Waals surface area contributed by atoms with E-state index < -0.39 is 0 Å². The molecule has 0 atom stereocenters. The first kappa shape index (κ1) is 18.8. The van der Waals surface area contributed by atoms with Gasteiger partial charge in [0, 0.05) is 27.6 Å². The lowest BCUT2D eigenvalue weighted by Crippen LogP contribution is -2.13. The van der Waals surface area contributed by atoms with Crippen LogP contribution in [0.5, 0.6) is 0 Å². The Balaban J connectivity index is 1.72. The van der Waals surface area contributed by atoms with Gasteiger partial charge in [0.1, 0.15) is 16.7 Å². The highest BCUT2D eigenvalue weighted by Crippen LogP contribution is 2.37. The van der Waals surface area contributed by atoms with E-state index in [1.165, 1.54) is 0 Å². The van der Waals surface area contributed by atoms with Crippen LogP contribution in [0.3, 0.4) is 0 Å². The number of aromatic nitrogens is 3. The highest BCUT2D eigenvalue weighted by atomic mass is 16.3. The van der Waals surface area contributed by atoms with Gasteiger partial charge >= 0.3 is 0 Å². The van der Waals surface area contributed by atoms with Gasteiger partial charge in [0.25, 0.3) is 0 Å². The summed E-state index contributed by atoms with van der Waals surface area (Å²) in [5.74, 6) is 0.828. The molecule has 0 aliphatic carbocycles. The van der Waals surface area contributed by atoms with Crippen LogP contribution >= 0.6 is 0 Å². The van der Waals surface area contributed by atoms with E-state index in [9.17, 15) is 0 Å². The van der Waals surface area contributed by atoms with Gasteiger partial charge in [-0.3, -0.25) is 4.57 Å². The number of hydrogen-bond acceptors (Lipinski definition) is 3. The molecule has 0 saturated carbocycles. The van der Waals surface area contributed by atoms with Gasteiger partial charge in [-0.15, -0.1) is 0 Å². The van der Waals surface area contributed by atoms with Gasteiger partial charge in [-0.25, -0.2) is 9.97 Å². The number of nitrogens with zero attached hydrogens (tertiary/aromatic N) is 3. The third-order valence-electron chi connectivity index (χ3n) is 5.93. The van der Waals surface area contributed by atoms with Crippen molar-refractivity contribution in [2.75, 3.05) is 0 Å². The van der Waals surface area contributed by atoms with E-state index in [0.29, 0.717) is 0 Å². The minimum atomic E-state index is -0.0567. The number of pyridine rings is 1. The number of benzene rings is 3. The lowest BCUT2D eigenvalue weighted by Gasteiger charge is -2.17.